The molecule has 0 aliphatic heterocycles. The van der Waals surface area contributed by atoms with Crippen LogP contribution in [0.25, 0.3) is 0 Å². The molecule has 3 nitrogen and oxygen atoms in total. The average molecular weight is 275 g/mol. The quantitative estimate of drug-likeness (QED) is 0.629. The Morgan fingerprint density at radius 1 is 1.47 bits per heavy atom. The van der Waals surface area contributed by atoms with Crippen LogP contribution in [0.2, 0.25) is 0 Å². The molecule has 1 aromatic carbocycles. The van der Waals surface area contributed by atoms with Gasteiger partial charge >= 0.3 is 12.1 Å². The van der Waals surface area contributed by atoms with E-state index < -0.39 is 35.0 Å². The Morgan fingerprint density at radius 3 is 2.53 bits per heavy atom. The maximum absolute atomic E-state index is 13.6. The van der Waals surface area contributed by atoms with Crippen molar-refractivity contribution in [2.75, 3.05) is 6.61 Å². The lowest BCUT2D eigenvalue weighted by molar-refractivity contribution is -0.143. The predicted molar refractivity (Wildman–Crippen MR) is 56.4 cm³/mol. The first-order valence-electron chi connectivity index (χ1n) is 5.24. The zero-order valence-electron chi connectivity index (χ0n) is 9.79. The lowest BCUT2D eigenvalue weighted by Crippen LogP contribution is -2.16. The summed E-state index contributed by atoms with van der Waals surface area (Å²) in [7, 11) is 0. The molecule has 0 unspecified atom stereocenters. The molecule has 0 aliphatic carbocycles. The lowest BCUT2D eigenvalue weighted by atomic mass is 9.98. The molecule has 0 spiro atoms. The van der Waals surface area contributed by atoms with Crippen LogP contribution in [-0.2, 0) is 15.7 Å². The number of alkyl halides is 3. The lowest BCUT2D eigenvalue weighted by Gasteiger charge is -2.12. The molecule has 0 fully saturated rings. The van der Waals surface area contributed by atoms with Gasteiger partial charge in [-0.05, 0) is 19.1 Å². The number of ether oxygens (including phenoxy) is 1. The zero-order valence-corrected chi connectivity index (χ0v) is 9.79. The molecule has 0 saturated carbocycles. The number of hydrogen-bond donors (Lipinski definition) is 0. The third-order valence-corrected chi connectivity index (χ3v) is 2.29. The Morgan fingerprint density at radius 2 is 2.11 bits per heavy atom. The topological polar surface area (TPSA) is 50.1 Å². The third kappa shape index (κ3) is 3.44. The summed E-state index contributed by atoms with van der Waals surface area (Å²) in [5.41, 5.74) is -1.62. The molecule has 1 aromatic rings. The molecule has 0 aliphatic rings. The van der Waals surface area contributed by atoms with Crippen molar-refractivity contribution < 1.29 is 27.1 Å². The second-order valence-corrected chi connectivity index (χ2v) is 3.55. The molecule has 0 bridgehead atoms. The summed E-state index contributed by atoms with van der Waals surface area (Å²) in [4.78, 5) is 11.4. The summed E-state index contributed by atoms with van der Waals surface area (Å²) in [6.07, 6.45) is -4.69. The number of hydrogen-bond acceptors (Lipinski definition) is 3. The minimum Gasteiger partial charge on any atom is -0.465 e. The Balaban J connectivity index is 3.15. The van der Waals surface area contributed by atoms with Crippen LogP contribution in [0.4, 0.5) is 17.6 Å². The maximum atomic E-state index is 13.6. The van der Waals surface area contributed by atoms with Gasteiger partial charge in [0.15, 0.2) is 5.92 Å². The van der Waals surface area contributed by atoms with Crippen LogP contribution in [0.15, 0.2) is 18.2 Å². The summed E-state index contributed by atoms with van der Waals surface area (Å²) in [6.45, 7) is 1.48. The van der Waals surface area contributed by atoms with Gasteiger partial charge in [-0.1, -0.05) is 6.07 Å². The fraction of sp³-hybridized carbons (Fsp3) is 0.333. The van der Waals surface area contributed by atoms with Crippen molar-refractivity contribution in [2.24, 2.45) is 0 Å². The van der Waals surface area contributed by atoms with E-state index in [1.807, 2.05) is 0 Å². The highest BCUT2D eigenvalue weighted by atomic mass is 19.4. The average Bonchev–Trinajstić information content (AvgIpc) is 2.31. The van der Waals surface area contributed by atoms with Gasteiger partial charge in [-0.15, -0.1) is 0 Å². The van der Waals surface area contributed by atoms with E-state index in [0.717, 1.165) is 6.07 Å². The molecule has 0 N–H and O–H groups in total. The minimum absolute atomic E-state index is 0.0146. The van der Waals surface area contributed by atoms with E-state index in [4.69, 9.17) is 5.26 Å². The minimum atomic E-state index is -4.69. The van der Waals surface area contributed by atoms with Gasteiger partial charge in [-0.3, -0.25) is 4.79 Å². The van der Waals surface area contributed by atoms with E-state index in [9.17, 15) is 22.4 Å². The molecule has 0 heterocycles. The molecule has 0 saturated heterocycles. The van der Waals surface area contributed by atoms with Crippen LogP contribution in [0, 0.1) is 17.1 Å². The summed E-state index contributed by atoms with van der Waals surface area (Å²) >= 11 is 0. The SMILES string of the molecule is CCOC(=O)[C@@H](C#N)c1ccc(C(F)(F)F)cc1F. The molecule has 0 radical (unpaired) electrons. The normalized spacial score (nSPS) is 12.6. The first-order valence-corrected chi connectivity index (χ1v) is 5.24. The number of carbonyl (C=O) groups is 1. The number of nitrogens with zero attached hydrogens (tertiary/aromatic N) is 1. The second-order valence-electron chi connectivity index (χ2n) is 3.55. The Hall–Kier alpha value is -2.10. The summed E-state index contributed by atoms with van der Waals surface area (Å²) in [5.74, 6) is -3.85. The molecule has 19 heavy (non-hydrogen) atoms. The highest BCUT2D eigenvalue weighted by molar-refractivity contribution is 5.81. The van der Waals surface area contributed by atoms with Crippen molar-refractivity contribution >= 4 is 5.97 Å². The number of halogens is 4. The molecule has 7 heteroatoms. The molecule has 102 valence electrons. The first-order chi connectivity index (χ1) is 8.81. The van der Waals surface area contributed by atoms with Gasteiger partial charge in [0.2, 0.25) is 0 Å². The highest BCUT2D eigenvalue weighted by Crippen LogP contribution is 2.31. The van der Waals surface area contributed by atoms with Gasteiger partial charge in [0.25, 0.3) is 0 Å². The number of esters is 1. The fourth-order valence-corrected chi connectivity index (χ4v) is 1.41. The summed E-state index contributed by atoms with van der Waals surface area (Å²) in [5, 5.41) is 8.79. The molecule has 0 amide bonds. The fourth-order valence-electron chi connectivity index (χ4n) is 1.41. The van der Waals surface area contributed by atoms with Gasteiger partial charge in [0.1, 0.15) is 5.82 Å². The maximum Gasteiger partial charge on any atom is 0.416 e. The number of carbonyl (C=O) groups excluding carboxylic acids is 1. The van der Waals surface area contributed by atoms with Crippen molar-refractivity contribution in [1.29, 1.82) is 5.26 Å². The van der Waals surface area contributed by atoms with Crippen molar-refractivity contribution in [1.82, 2.24) is 0 Å². The zero-order chi connectivity index (χ0) is 14.6. The van der Waals surface area contributed by atoms with Crippen LogP contribution in [0.1, 0.15) is 24.0 Å². The molecular weight excluding hydrogens is 266 g/mol. The van der Waals surface area contributed by atoms with E-state index in [1.54, 1.807) is 0 Å². The van der Waals surface area contributed by atoms with Gasteiger partial charge in [0, 0.05) is 5.56 Å². The van der Waals surface area contributed by atoms with Crippen LogP contribution >= 0.6 is 0 Å². The standard InChI is InChI=1S/C12H9F4NO2/c1-2-19-11(18)9(6-17)8-4-3-7(5-10(8)13)12(14,15)16/h3-5,9H,2H2,1H3/t9-/m0/s1. The molecule has 1 atom stereocenters. The van der Waals surface area contributed by atoms with Gasteiger partial charge in [-0.2, -0.15) is 18.4 Å². The second kappa shape index (κ2) is 5.69. The van der Waals surface area contributed by atoms with Gasteiger partial charge in [0.05, 0.1) is 18.2 Å². The van der Waals surface area contributed by atoms with Crippen molar-refractivity contribution in [3.8, 4) is 6.07 Å². The monoisotopic (exact) mass is 275 g/mol. The van der Waals surface area contributed by atoms with E-state index in [0.29, 0.717) is 6.07 Å². The van der Waals surface area contributed by atoms with E-state index in [2.05, 4.69) is 4.74 Å². The summed E-state index contributed by atoms with van der Waals surface area (Å²) < 4.78 is 55.1. The number of rotatable bonds is 3. The smallest absolute Gasteiger partial charge is 0.416 e. The Labute approximate surface area is 106 Å². The Kier molecular flexibility index (Phi) is 4.48. The Bertz CT molecular complexity index is 519. The van der Waals surface area contributed by atoms with Gasteiger partial charge < -0.3 is 4.74 Å². The van der Waals surface area contributed by atoms with Crippen molar-refractivity contribution in [3.05, 3.63) is 35.1 Å². The molecule has 0 aromatic heterocycles. The van der Waals surface area contributed by atoms with Crippen LogP contribution in [-0.4, -0.2) is 12.6 Å². The van der Waals surface area contributed by atoms with Gasteiger partial charge in [-0.25, -0.2) is 4.39 Å². The van der Waals surface area contributed by atoms with E-state index >= 15 is 0 Å². The third-order valence-electron chi connectivity index (χ3n) is 2.29. The van der Waals surface area contributed by atoms with Crippen LogP contribution in [0.5, 0.6) is 0 Å². The summed E-state index contributed by atoms with van der Waals surface area (Å²) in [6, 6.07) is 3.13. The predicted octanol–water partition coefficient (Wildman–Crippen LogP) is 3.01. The highest BCUT2D eigenvalue weighted by Gasteiger charge is 2.33. The van der Waals surface area contributed by atoms with Crippen molar-refractivity contribution in [3.63, 3.8) is 0 Å². The molecule has 1 rings (SSSR count). The first kappa shape index (κ1) is 15.0. The van der Waals surface area contributed by atoms with Crippen LogP contribution < -0.4 is 0 Å². The van der Waals surface area contributed by atoms with Crippen molar-refractivity contribution in [2.45, 2.75) is 19.0 Å². The number of benzene rings is 1. The van der Waals surface area contributed by atoms with Crippen LogP contribution in [0.3, 0.4) is 0 Å². The number of nitriles is 1. The van der Waals surface area contributed by atoms with E-state index in [-0.39, 0.29) is 12.7 Å². The van der Waals surface area contributed by atoms with E-state index in [1.165, 1.54) is 13.0 Å². The molecular formula is C12H9F4NO2. The largest absolute Gasteiger partial charge is 0.465 e.